The zero-order valence-corrected chi connectivity index (χ0v) is 15.0. The molecule has 1 aliphatic heterocycles. The molecule has 1 saturated heterocycles. The minimum absolute atomic E-state index is 0.919. The summed E-state index contributed by atoms with van der Waals surface area (Å²) in [6.07, 6.45) is 0. The lowest BCUT2D eigenvalue weighted by atomic mass is 10.1. The molecule has 0 amide bonds. The Kier molecular flexibility index (Phi) is 6.02. The first-order valence-electron chi connectivity index (χ1n) is 8.94. The lowest BCUT2D eigenvalue weighted by Gasteiger charge is -2.32. The van der Waals surface area contributed by atoms with Gasteiger partial charge in [-0.05, 0) is 30.7 Å². The fourth-order valence-corrected chi connectivity index (χ4v) is 3.20. The van der Waals surface area contributed by atoms with Crippen LogP contribution in [0.25, 0.3) is 0 Å². The SMILES string of the molecule is Cc1cccc(CNCc2ccc(CN3CCN(C)CC3)cc2)c1. The van der Waals surface area contributed by atoms with Crippen LogP contribution in [0.4, 0.5) is 0 Å². The molecule has 3 nitrogen and oxygen atoms in total. The van der Waals surface area contributed by atoms with Crippen molar-refractivity contribution in [3.8, 4) is 0 Å². The van der Waals surface area contributed by atoms with Crippen LogP contribution in [0.2, 0.25) is 0 Å². The highest BCUT2D eigenvalue weighted by Crippen LogP contribution is 2.10. The second-order valence-electron chi connectivity index (χ2n) is 6.99. The molecular formula is C21H29N3. The van der Waals surface area contributed by atoms with E-state index in [-0.39, 0.29) is 0 Å². The van der Waals surface area contributed by atoms with E-state index in [1.54, 1.807) is 0 Å². The fraction of sp³-hybridized carbons (Fsp3) is 0.429. The summed E-state index contributed by atoms with van der Waals surface area (Å²) in [4.78, 5) is 4.95. The second-order valence-corrected chi connectivity index (χ2v) is 6.99. The highest BCUT2D eigenvalue weighted by molar-refractivity contribution is 5.24. The minimum Gasteiger partial charge on any atom is -0.309 e. The van der Waals surface area contributed by atoms with Crippen molar-refractivity contribution < 1.29 is 0 Å². The average Bonchev–Trinajstić information content (AvgIpc) is 2.59. The molecule has 1 N–H and O–H groups in total. The van der Waals surface area contributed by atoms with Gasteiger partial charge in [0.15, 0.2) is 0 Å². The van der Waals surface area contributed by atoms with Crippen molar-refractivity contribution >= 4 is 0 Å². The second kappa shape index (κ2) is 8.43. The Morgan fingerprint density at radius 1 is 0.833 bits per heavy atom. The molecular weight excluding hydrogens is 294 g/mol. The van der Waals surface area contributed by atoms with Crippen LogP contribution < -0.4 is 5.32 Å². The van der Waals surface area contributed by atoms with Crippen LogP contribution in [-0.2, 0) is 19.6 Å². The van der Waals surface area contributed by atoms with Gasteiger partial charge in [-0.15, -0.1) is 0 Å². The topological polar surface area (TPSA) is 18.5 Å². The van der Waals surface area contributed by atoms with Crippen molar-refractivity contribution in [1.29, 1.82) is 0 Å². The molecule has 1 heterocycles. The van der Waals surface area contributed by atoms with Crippen LogP contribution in [0.3, 0.4) is 0 Å². The van der Waals surface area contributed by atoms with Gasteiger partial charge >= 0.3 is 0 Å². The van der Waals surface area contributed by atoms with Gasteiger partial charge in [-0.3, -0.25) is 4.90 Å². The Morgan fingerprint density at radius 2 is 1.50 bits per heavy atom. The maximum absolute atomic E-state index is 3.53. The molecule has 0 atom stereocenters. The molecule has 2 aromatic rings. The molecule has 0 spiro atoms. The van der Waals surface area contributed by atoms with E-state index >= 15 is 0 Å². The fourth-order valence-electron chi connectivity index (χ4n) is 3.20. The zero-order valence-electron chi connectivity index (χ0n) is 15.0. The van der Waals surface area contributed by atoms with E-state index < -0.39 is 0 Å². The van der Waals surface area contributed by atoms with Gasteiger partial charge in [0.25, 0.3) is 0 Å². The first-order chi connectivity index (χ1) is 11.7. The van der Waals surface area contributed by atoms with Gasteiger partial charge < -0.3 is 10.2 Å². The third-order valence-corrected chi connectivity index (χ3v) is 4.77. The molecule has 0 saturated carbocycles. The van der Waals surface area contributed by atoms with E-state index in [1.807, 2.05) is 0 Å². The number of nitrogens with one attached hydrogen (secondary N) is 1. The Labute approximate surface area is 146 Å². The van der Waals surface area contributed by atoms with E-state index in [0.29, 0.717) is 0 Å². The van der Waals surface area contributed by atoms with Crippen molar-refractivity contribution in [3.63, 3.8) is 0 Å². The molecule has 0 bridgehead atoms. The molecule has 1 aliphatic rings. The number of aryl methyl sites for hydroxylation is 1. The minimum atomic E-state index is 0.919. The van der Waals surface area contributed by atoms with Gasteiger partial charge in [-0.2, -0.15) is 0 Å². The molecule has 0 aliphatic carbocycles. The zero-order chi connectivity index (χ0) is 16.8. The molecule has 2 aromatic carbocycles. The maximum atomic E-state index is 3.53. The monoisotopic (exact) mass is 323 g/mol. The average molecular weight is 323 g/mol. The quantitative estimate of drug-likeness (QED) is 0.881. The summed E-state index contributed by atoms with van der Waals surface area (Å²) >= 11 is 0. The standard InChI is InChI=1S/C21H29N3/c1-18-4-3-5-21(14-18)16-22-15-19-6-8-20(9-7-19)17-24-12-10-23(2)11-13-24/h3-9,14,22H,10-13,15-17H2,1-2H3. The van der Waals surface area contributed by atoms with E-state index in [9.17, 15) is 0 Å². The van der Waals surface area contributed by atoms with Crippen LogP contribution in [0.1, 0.15) is 22.3 Å². The summed E-state index contributed by atoms with van der Waals surface area (Å²) in [5.41, 5.74) is 5.44. The van der Waals surface area contributed by atoms with Crippen molar-refractivity contribution in [3.05, 3.63) is 70.8 Å². The number of benzene rings is 2. The Morgan fingerprint density at radius 3 is 2.21 bits per heavy atom. The van der Waals surface area contributed by atoms with Gasteiger partial charge in [0.05, 0.1) is 0 Å². The van der Waals surface area contributed by atoms with Crippen molar-refractivity contribution in [2.75, 3.05) is 33.2 Å². The van der Waals surface area contributed by atoms with E-state index in [2.05, 4.69) is 77.6 Å². The lowest BCUT2D eigenvalue weighted by Crippen LogP contribution is -2.43. The smallest absolute Gasteiger partial charge is 0.0234 e. The number of hydrogen-bond donors (Lipinski definition) is 1. The summed E-state index contributed by atoms with van der Waals surface area (Å²) in [6, 6.07) is 17.8. The predicted molar refractivity (Wildman–Crippen MR) is 101 cm³/mol. The van der Waals surface area contributed by atoms with Gasteiger partial charge in [0.2, 0.25) is 0 Å². The van der Waals surface area contributed by atoms with Gasteiger partial charge in [0, 0.05) is 45.8 Å². The van der Waals surface area contributed by atoms with Crippen LogP contribution in [0, 0.1) is 6.92 Å². The van der Waals surface area contributed by atoms with Crippen LogP contribution in [-0.4, -0.2) is 43.0 Å². The molecule has 3 rings (SSSR count). The number of rotatable bonds is 6. The van der Waals surface area contributed by atoms with E-state index in [1.165, 1.54) is 48.4 Å². The van der Waals surface area contributed by atoms with E-state index in [4.69, 9.17) is 0 Å². The summed E-state index contributed by atoms with van der Waals surface area (Å²) in [6.45, 7) is 9.77. The molecule has 1 fully saturated rings. The van der Waals surface area contributed by atoms with Gasteiger partial charge in [0.1, 0.15) is 0 Å². The summed E-state index contributed by atoms with van der Waals surface area (Å²) in [7, 11) is 2.20. The highest BCUT2D eigenvalue weighted by atomic mass is 15.2. The lowest BCUT2D eigenvalue weighted by molar-refractivity contribution is 0.148. The highest BCUT2D eigenvalue weighted by Gasteiger charge is 2.13. The predicted octanol–water partition coefficient (Wildman–Crippen LogP) is 3.03. The molecule has 0 aromatic heterocycles. The first kappa shape index (κ1) is 17.2. The number of likely N-dealkylation sites (N-methyl/N-ethyl adjacent to an activating group) is 1. The summed E-state index contributed by atoms with van der Waals surface area (Å²) in [5.74, 6) is 0. The molecule has 3 heteroatoms. The Balaban J connectivity index is 1.44. The summed E-state index contributed by atoms with van der Waals surface area (Å²) < 4.78 is 0. The van der Waals surface area contributed by atoms with Crippen LogP contribution >= 0.6 is 0 Å². The van der Waals surface area contributed by atoms with Crippen molar-refractivity contribution in [2.24, 2.45) is 0 Å². The maximum Gasteiger partial charge on any atom is 0.0234 e. The largest absolute Gasteiger partial charge is 0.309 e. The Bertz CT molecular complexity index is 628. The van der Waals surface area contributed by atoms with Crippen molar-refractivity contribution in [2.45, 2.75) is 26.6 Å². The van der Waals surface area contributed by atoms with Gasteiger partial charge in [-0.25, -0.2) is 0 Å². The van der Waals surface area contributed by atoms with Crippen LogP contribution in [0.15, 0.2) is 48.5 Å². The summed E-state index contributed by atoms with van der Waals surface area (Å²) in [5, 5.41) is 3.53. The van der Waals surface area contributed by atoms with Crippen molar-refractivity contribution in [1.82, 2.24) is 15.1 Å². The normalized spacial score (nSPS) is 16.4. The first-order valence-corrected chi connectivity index (χ1v) is 8.94. The molecule has 0 unspecified atom stereocenters. The molecule has 24 heavy (non-hydrogen) atoms. The Hall–Kier alpha value is -1.68. The number of piperazine rings is 1. The molecule has 128 valence electrons. The number of nitrogens with zero attached hydrogens (tertiary/aromatic N) is 2. The number of hydrogen-bond acceptors (Lipinski definition) is 3. The van der Waals surface area contributed by atoms with E-state index in [0.717, 1.165) is 19.6 Å². The third-order valence-electron chi connectivity index (χ3n) is 4.77. The molecule has 0 radical (unpaired) electrons. The van der Waals surface area contributed by atoms with Crippen LogP contribution in [0.5, 0.6) is 0 Å². The van der Waals surface area contributed by atoms with Gasteiger partial charge in [-0.1, -0.05) is 54.1 Å². The third kappa shape index (κ3) is 5.17.